The van der Waals surface area contributed by atoms with Crippen LogP contribution in [0.3, 0.4) is 0 Å². The SMILES string of the molecule is CCOC(=O)CCC(F)(F)C(F)(F)C(F)(F)C(F)(F)Cl. The quantitative estimate of drug-likeness (QED) is 0.398. The van der Waals surface area contributed by atoms with Gasteiger partial charge in [0.1, 0.15) is 0 Å². The van der Waals surface area contributed by atoms with Gasteiger partial charge in [0.25, 0.3) is 0 Å². The maximum absolute atomic E-state index is 13.0. The molecule has 0 N–H and O–H groups in total. The molecule has 120 valence electrons. The number of hydrogen-bond donors (Lipinski definition) is 0. The topological polar surface area (TPSA) is 26.3 Å². The lowest BCUT2D eigenvalue weighted by molar-refractivity contribution is -0.349. The van der Waals surface area contributed by atoms with E-state index in [-0.39, 0.29) is 6.61 Å². The van der Waals surface area contributed by atoms with Crippen molar-refractivity contribution in [3.05, 3.63) is 0 Å². The number of rotatable bonds is 7. The lowest BCUT2D eigenvalue weighted by Gasteiger charge is -2.34. The van der Waals surface area contributed by atoms with Crippen LogP contribution in [0.25, 0.3) is 0 Å². The van der Waals surface area contributed by atoms with Crippen LogP contribution in [0, 0.1) is 0 Å². The Morgan fingerprint density at radius 1 is 1.00 bits per heavy atom. The van der Waals surface area contributed by atoms with E-state index in [1.807, 2.05) is 0 Å². The molecular formula is C9H9ClF8O2. The minimum atomic E-state index is -6.50. The van der Waals surface area contributed by atoms with Gasteiger partial charge in [-0.2, -0.15) is 35.1 Å². The molecule has 20 heavy (non-hydrogen) atoms. The van der Waals surface area contributed by atoms with Crippen LogP contribution in [0.2, 0.25) is 0 Å². The zero-order valence-electron chi connectivity index (χ0n) is 9.84. The Morgan fingerprint density at radius 2 is 1.45 bits per heavy atom. The Labute approximate surface area is 113 Å². The maximum atomic E-state index is 13.0. The van der Waals surface area contributed by atoms with Crippen molar-refractivity contribution in [1.82, 2.24) is 0 Å². The highest BCUT2D eigenvalue weighted by Gasteiger charge is 2.80. The molecule has 0 aliphatic rings. The average Bonchev–Trinajstić information content (AvgIpc) is 2.25. The first-order chi connectivity index (χ1) is 8.70. The molecule has 0 aliphatic carbocycles. The van der Waals surface area contributed by atoms with Crippen LogP contribution in [-0.2, 0) is 9.53 Å². The standard InChI is InChI=1S/C9H9ClF8O2/c1-2-20-5(19)3-4-6(11,12)7(13,14)8(15,16)9(10,17)18/h2-4H2,1H3. The second-order valence-electron chi connectivity index (χ2n) is 3.66. The fourth-order valence-electron chi connectivity index (χ4n) is 1.06. The number of carbonyl (C=O) groups is 1. The molecule has 0 aromatic rings. The minimum absolute atomic E-state index is 0.253. The molecule has 0 aliphatic heterocycles. The van der Waals surface area contributed by atoms with Gasteiger partial charge in [0.05, 0.1) is 13.0 Å². The predicted molar refractivity (Wildman–Crippen MR) is 51.5 cm³/mol. The molecule has 0 unspecified atom stereocenters. The van der Waals surface area contributed by atoms with Gasteiger partial charge in [-0.25, -0.2) is 0 Å². The lowest BCUT2D eigenvalue weighted by Crippen LogP contribution is -2.60. The fraction of sp³-hybridized carbons (Fsp3) is 0.889. The number of hydrogen-bond acceptors (Lipinski definition) is 2. The Bertz CT molecular complexity index is 352. The normalized spacial score (nSPS) is 14.3. The van der Waals surface area contributed by atoms with Crippen molar-refractivity contribution in [2.24, 2.45) is 0 Å². The summed E-state index contributed by atoms with van der Waals surface area (Å²) in [6, 6.07) is 0. The van der Waals surface area contributed by atoms with E-state index in [2.05, 4.69) is 16.3 Å². The molecular weight excluding hydrogens is 328 g/mol. The van der Waals surface area contributed by atoms with Crippen molar-refractivity contribution >= 4 is 17.6 Å². The van der Waals surface area contributed by atoms with Crippen LogP contribution < -0.4 is 0 Å². The van der Waals surface area contributed by atoms with Crippen LogP contribution in [0.1, 0.15) is 19.8 Å². The minimum Gasteiger partial charge on any atom is -0.466 e. The molecule has 0 saturated heterocycles. The van der Waals surface area contributed by atoms with Crippen LogP contribution in [0.15, 0.2) is 0 Å². The van der Waals surface area contributed by atoms with E-state index >= 15 is 0 Å². The molecule has 0 rings (SSSR count). The highest BCUT2D eigenvalue weighted by molar-refractivity contribution is 6.22. The van der Waals surface area contributed by atoms with Crippen LogP contribution >= 0.6 is 11.6 Å². The van der Waals surface area contributed by atoms with E-state index in [9.17, 15) is 39.9 Å². The fourth-order valence-corrected chi connectivity index (χ4v) is 1.18. The molecule has 0 aromatic heterocycles. The van der Waals surface area contributed by atoms with Crippen molar-refractivity contribution in [2.45, 2.75) is 42.9 Å². The van der Waals surface area contributed by atoms with Gasteiger partial charge in [0.2, 0.25) is 0 Å². The van der Waals surface area contributed by atoms with E-state index in [0.717, 1.165) is 0 Å². The van der Waals surface area contributed by atoms with Crippen LogP contribution in [0.4, 0.5) is 35.1 Å². The Morgan fingerprint density at radius 3 is 1.80 bits per heavy atom. The molecule has 0 spiro atoms. The zero-order valence-corrected chi connectivity index (χ0v) is 10.6. The van der Waals surface area contributed by atoms with Gasteiger partial charge in [-0.15, -0.1) is 0 Å². The lowest BCUT2D eigenvalue weighted by atomic mass is 10.00. The Kier molecular flexibility index (Phi) is 5.67. The molecule has 0 radical (unpaired) electrons. The largest absolute Gasteiger partial charge is 0.466 e. The number of alkyl halides is 9. The summed E-state index contributed by atoms with van der Waals surface area (Å²) >= 11 is 3.74. The van der Waals surface area contributed by atoms with E-state index < -0.39 is 42.0 Å². The molecule has 0 heterocycles. The van der Waals surface area contributed by atoms with E-state index in [0.29, 0.717) is 0 Å². The number of esters is 1. The van der Waals surface area contributed by atoms with Gasteiger partial charge >= 0.3 is 29.1 Å². The molecule has 2 nitrogen and oxygen atoms in total. The van der Waals surface area contributed by atoms with Crippen LogP contribution in [-0.4, -0.2) is 35.7 Å². The number of halogens is 9. The molecule has 0 atom stereocenters. The van der Waals surface area contributed by atoms with Gasteiger partial charge < -0.3 is 4.74 Å². The molecule has 0 saturated carbocycles. The van der Waals surface area contributed by atoms with Gasteiger partial charge in [-0.1, -0.05) is 0 Å². The van der Waals surface area contributed by atoms with E-state index in [1.165, 1.54) is 6.92 Å². The second kappa shape index (κ2) is 5.90. The first-order valence-corrected chi connectivity index (χ1v) is 5.44. The van der Waals surface area contributed by atoms with Gasteiger partial charge in [-0.3, -0.25) is 4.79 Å². The summed E-state index contributed by atoms with van der Waals surface area (Å²) in [6.45, 7) is 1.03. The summed E-state index contributed by atoms with van der Waals surface area (Å²) < 4.78 is 106. The third kappa shape index (κ3) is 3.64. The zero-order chi connectivity index (χ0) is 16.4. The Balaban J connectivity index is 5.12. The summed E-state index contributed by atoms with van der Waals surface area (Å²) in [5.41, 5.74) is 0. The second-order valence-corrected chi connectivity index (χ2v) is 4.13. The molecule has 0 bridgehead atoms. The van der Waals surface area contributed by atoms with Crippen molar-refractivity contribution in [2.75, 3.05) is 6.61 Å². The summed E-state index contributed by atoms with van der Waals surface area (Å²) in [4.78, 5) is 10.7. The van der Waals surface area contributed by atoms with Crippen molar-refractivity contribution in [3.8, 4) is 0 Å². The van der Waals surface area contributed by atoms with Gasteiger partial charge in [0.15, 0.2) is 0 Å². The monoisotopic (exact) mass is 336 g/mol. The molecule has 0 aromatic carbocycles. The summed E-state index contributed by atoms with van der Waals surface area (Å²) in [6.07, 6.45) is -3.44. The van der Waals surface area contributed by atoms with Crippen molar-refractivity contribution in [1.29, 1.82) is 0 Å². The number of ether oxygens (including phenoxy) is 1. The van der Waals surface area contributed by atoms with Crippen molar-refractivity contribution in [3.63, 3.8) is 0 Å². The van der Waals surface area contributed by atoms with Crippen LogP contribution in [0.5, 0.6) is 0 Å². The molecule has 11 heteroatoms. The van der Waals surface area contributed by atoms with Gasteiger partial charge in [-0.05, 0) is 18.5 Å². The summed E-state index contributed by atoms with van der Waals surface area (Å²) in [5.74, 6) is -19.9. The number of carbonyl (C=O) groups excluding carboxylic acids is 1. The smallest absolute Gasteiger partial charge is 0.392 e. The first-order valence-electron chi connectivity index (χ1n) is 5.06. The molecule has 0 fully saturated rings. The van der Waals surface area contributed by atoms with Gasteiger partial charge in [0, 0.05) is 6.42 Å². The van der Waals surface area contributed by atoms with E-state index in [1.54, 1.807) is 0 Å². The third-order valence-corrected chi connectivity index (χ3v) is 2.40. The summed E-state index contributed by atoms with van der Waals surface area (Å²) in [5, 5.41) is -5.89. The highest BCUT2D eigenvalue weighted by atomic mass is 35.5. The average molecular weight is 337 g/mol. The van der Waals surface area contributed by atoms with E-state index in [4.69, 9.17) is 0 Å². The predicted octanol–water partition coefficient (Wildman–Crippen LogP) is 4.07. The van der Waals surface area contributed by atoms with Crippen molar-refractivity contribution < 1.29 is 44.7 Å². The summed E-state index contributed by atoms with van der Waals surface area (Å²) in [7, 11) is 0. The third-order valence-electron chi connectivity index (χ3n) is 2.16. The Hall–Kier alpha value is -0.800. The first kappa shape index (κ1) is 19.2. The highest BCUT2D eigenvalue weighted by Crippen LogP contribution is 2.55. The maximum Gasteiger partial charge on any atom is 0.392 e. The molecule has 0 amide bonds.